The largest absolute Gasteiger partial charge is 0.433 e. The maximum Gasteiger partial charge on any atom is 0.433 e. The monoisotopic (exact) mass is 338 g/mol. The molecule has 3 rings (SSSR count). The summed E-state index contributed by atoms with van der Waals surface area (Å²) in [4.78, 5) is 13.8. The predicted octanol–water partition coefficient (Wildman–Crippen LogP) is 3.56. The molecule has 1 aromatic carbocycles. The number of rotatable bonds is 4. The molecule has 0 radical (unpaired) electrons. The van der Waals surface area contributed by atoms with E-state index in [1.807, 2.05) is 0 Å². The molecule has 0 unspecified atom stereocenters. The van der Waals surface area contributed by atoms with Gasteiger partial charge >= 0.3 is 6.18 Å². The number of benzene rings is 1. The number of nitrogens with one attached hydrogen (secondary N) is 1. The summed E-state index contributed by atoms with van der Waals surface area (Å²) >= 11 is 0. The molecule has 128 valence electrons. The van der Waals surface area contributed by atoms with Crippen LogP contribution in [0.15, 0.2) is 36.7 Å². The summed E-state index contributed by atoms with van der Waals surface area (Å²) in [5, 5.41) is 4.47. The highest BCUT2D eigenvalue weighted by atomic mass is 19.4. The van der Waals surface area contributed by atoms with E-state index in [0.29, 0.717) is 10.9 Å². The highest BCUT2D eigenvalue weighted by Crippen LogP contribution is 2.39. The number of nitrogens with two attached hydrogens (primary N) is 1. The fourth-order valence-electron chi connectivity index (χ4n) is 2.56. The Morgan fingerprint density at radius 3 is 2.62 bits per heavy atom. The minimum Gasteiger partial charge on any atom is -0.370 e. The van der Waals surface area contributed by atoms with E-state index in [1.54, 1.807) is 24.3 Å². The van der Waals surface area contributed by atoms with Gasteiger partial charge in [-0.15, -0.1) is 0 Å². The van der Waals surface area contributed by atoms with Gasteiger partial charge in [-0.1, -0.05) is 25.6 Å². The van der Waals surface area contributed by atoms with Gasteiger partial charge in [-0.3, -0.25) is 9.48 Å². The van der Waals surface area contributed by atoms with Crippen LogP contribution in [0.2, 0.25) is 0 Å². The fourth-order valence-corrected chi connectivity index (χ4v) is 2.56. The van der Waals surface area contributed by atoms with E-state index >= 15 is 0 Å². The summed E-state index contributed by atoms with van der Waals surface area (Å²) in [6, 6.07) is 7.07. The molecule has 8 heteroatoms. The van der Waals surface area contributed by atoms with Gasteiger partial charge in [-0.25, -0.2) is 0 Å². The fraction of sp³-hybridized carbons (Fsp3) is 0.250. The van der Waals surface area contributed by atoms with Crippen molar-refractivity contribution in [2.45, 2.75) is 26.6 Å². The first-order chi connectivity index (χ1) is 10.9. The molecule has 0 aliphatic carbocycles. The van der Waals surface area contributed by atoms with Crippen molar-refractivity contribution in [3.05, 3.63) is 42.4 Å². The maximum atomic E-state index is 13.5. The zero-order valence-corrected chi connectivity index (χ0v) is 11.9. The first kappa shape index (κ1) is 17.6. The molecular formula is C16H17F3N4O. The topological polar surface area (TPSA) is 76.7 Å². The summed E-state index contributed by atoms with van der Waals surface area (Å²) in [5.74, 6) is -0.678. The third-order valence-corrected chi connectivity index (χ3v) is 3.56. The van der Waals surface area contributed by atoms with Gasteiger partial charge in [0.25, 0.3) is 0 Å². The summed E-state index contributed by atoms with van der Waals surface area (Å²) in [6.07, 6.45) is -2.12. The number of nitrogens with zero attached hydrogens (tertiary/aromatic N) is 2. The number of alkyl halides is 3. The number of aromatic amines is 1. The molecule has 0 fully saturated rings. The number of fused-ring (bicyclic) bond motifs is 1. The lowest BCUT2D eigenvalue weighted by atomic mass is 10.1. The molecule has 0 aliphatic rings. The number of aromatic nitrogens is 3. The van der Waals surface area contributed by atoms with Crippen molar-refractivity contribution < 1.29 is 18.0 Å². The van der Waals surface area contributed by atoms with Crippen molar-refractivity contribution in [1.82, 2.24) is 14.8 Å². The number of H-pyrrole nitrogens is 1. The number of hydrogen-bond donors (Lipinski definition) is 2. The van der Waals surface area contributed by atoms with Crippen LogP contribution < -0.4 is 5.73 Å². The van der Waals surface area contributed by atoms with E-state index in [2.05, 4.69) is 10.1 Å². The zero-order chi connectivity index (χ0) is 16.6. The second-order valence-corrected chi connectivity index (χ2v) is 5.09. The molecule has 0 bridgehead atoms. The van der Waals surface area contributed by atoms with E-state index in [9.17, 15) is 18.0 Å². The van der Waals surface area contributed by atoms with Crippen LogP contribution in [0.3, 0.4) is 0 Å². The minimum atomic E-state index is -4.60. The van der Waals surface area contributed by atoms with Gasteiger partial charge in [-0.2, -0.15) is 18.3 Å². The number of carbonyl (C=O) groups is 1. The number of amides is 1. The second-order valence-electron chi connectivity index (χ2n) is 5.09. The lowest BCUT2D eigenvalue weighted by molar-refractivity contribution is -0.144. The number of aryl methyl sites for hydroxylation is 1. The molecule has 2 heterocycles. The average molecular weight is 338 g/mol. The summed E-state index contributed by atoms with van der Waals surface area (Å²) in [5.41, 5.74) is 5.25. The molecular weight excluding hydrogens is 321 g/mol. The Bertz CT molecular complexity index is 864. The van der Waals surface area contributed by atoms with Gasteiger partial charge in [0.1, 0.15) is 5.69 Å². The van der Waals surface area contributed by atoms with Gasteiger partial charge in [0.05, 0.1) is 12.7 Å². The molecule has 24 heavy (non-hydrogen) atoms. The Morgan fingerprint density at radius 2 is 1.96 bits per heavy atom. The molecule has 0 saturated heterocycles. The van der Waals surface area contributed by atoms with Crippen LogP contribution in [0, 0.1) is 0 Å². The number of para-hydroxylation sites is 1. The molecule has 3 aromatic rings. The third-order valence-electron chi connectivity index (χ3n) is 3.56. The first-order valence-corrected chi connectivity index (χ1v) is 6.85. The van der Waals surface area contributed by atoms with E-state index < -0.39 is 17.8 Å². The van der Waals surface area contributed by atoms with E-state index in [-0.39, 0.29) is 26.0 Å². The molecule has 2 aromatic heterocycles. The molecule has 0 spiro atoms. The SMILES string of the molecule is C.NC(=O)CCn1ncc(-c2c[nH]c3ccccc23)c1C(F)(F)F. The molecule has 0 atom stereocenters. The smallest absolute Gasteiger partial charge is 0.370 e. The Hall–Kier alpha value is -2.77. The van der Waals surface area contributed by atoms with Crippen molar-refractivity contribution in [2.24, 2.45) is 5.73 Å². The van der Waals surface area contributed by atoms with E-state index in [4.69, 9.17) is 5.73 Å². The Morgan fingerprint density at radius 1 is 1.25 bits per heavy atom. The van der Waals surface area contributed by atoms with Crippen molar-refractivity contribution in [3.8, 4) is 11.1 Å². The normalized spacial score (nSPS) is 11.5. The van der Waals surface area contributed by atoms with Crippen LogP contribution in [-0.2, 0) is 17.5 Å². The average Bonchev–Trinajstić information content (AvgIpc) is 3.08. The molecule has 0 aliphatic heterocycles. The minimum absolute atomic E-state index is 0. The van der Waals surface area contributed by atoms with Gasteiger partial charge < -0.3 is 10.7 Å². The van der Waals surface area contributed by atoms with Crippen molar-refractivity contribution in [3.63, 3.8) is 0 Å². The summed E-state index contributed by atoms with van der Waals surface area (Å²) < 4.78 is 41.2. The quantitative estimate of drug-likeness (QED) is 0.763. The van der Waals surface area contributed by atoms with Gasteiger partial charge in [0.15, 0.2) is 0 Å². The number of hydrogen-bond acceptors (Lipinski definition) is 2. The van der Waals surface area contributed by atoms with Crippen molar-refractivity contribution >= 4 is 16.8 Å². The maximum absolute atomic E-state index is 13.5. The van der Waals surface area contributed by atoms with Gasteiger partial charge in [-0.05, 0) is 6.07 Å². The van der Waals surface area contributed by atoms with Crippen LogP contribution in [0.25, 0.3) is 22.0 Å². The van der Waals surface area contributed by atoms with Crippen LogP contribution in [0.4, 0.5) is 13.2 Å². The number of carbonyl (C=O) groups excluding carboxylic acids is 1. The van der Waals surface area contributed by atoms with Gasteiger partial charge in [0.2, 0.25) is 5.91 Å². The molecule has 1 amide bonds. The van der Waals surface area contributed by atoms with Crippen LogP contribution in [0.1, 0.15) is 19.5 Å². The first-order valence-electron chi connectivity index (χ1n) is 6.85. The Balaban J connectivity index is 0.00000208. The predicted molar refractivity (Wildman–Crippen MR) is 85.1 cm³/mol. The summed E-state index contributed by atoms with van der Waals surface area (Å²) in [7, 11) is 0. The van der Waals surface area contributed by atoms with Crippen molar-refractivity contribution in [1.29, 1.82) is 0 Å². The van der Waals surface area contributed by atoms with E-state index in [1.165, 1.54) is 12.4 Å². The zero-order valence-electron chi connectivity index (χ0n) is 11.9. The lowest BCUT2D eigenvalue weighted by Gasteiger charge is -2.12. The highest BCUT2D eigenvalue weighted by Gasteiger charge is 2.38. The third kappa shape index (κ3) is 3.12. The molecule has 0 saturated carbocycles. The van der Waals surface area contributed by atoms with Crippen LogP contribution in [-0.4, -0.2) is 20.7 Å². The highest BCUT2D eigenvalue weighted by molar-refractivity contribution is 5.96. The van der Waals surface area contributed by atoms with Crippen LogP contribution in [0.5, 0.6) is 0 Å². The Kier molecular flexibility index (Phi) is 4.68. The molecule has 5 nitrogen and oxygen atoms in total. The number of primary amides is 1. The lowest BCUT2D eigenvalue weighted by Crippen LogP contribution is -2.19. The number of halogens is 3. The molecule has 3 N–H and O–H groups in total. The standard InChI is InChI=1S/C15H13F3N4O.CH4/c16-15(17,18)14-11(8-21-22(14)6-5-13(19)23)10-7-20-12-4-2-1-3-9(10)12;/h1-4,7-8,20H,5-6H2,(H2,19,23);1H4. The van der Waals surface area contributed by atoms with E-state index in [0.717, 1.165) is 10.2 Å². The van der Waals surface area contributed by atoms with Crippen molar-refractivity contribution in [2.75, 3.05) is 0 Å². The van der Waals surface area contributed by atoms with Gasteiger partial charge in [0, 0.05) is 34.6 Å². The second kappa shape index (κ2) is 6.38. The van der Waals surface area contributed by atoms with Crippen LogP contribution >= 0.6 is 0 Å². The summed E-state index contributed by atoms with van der Waals surface area (Å²) in [6.45, 7) is -0.216. The Labute approximate surface area is 136 Å².